The molecule has 0 atom stereocenters. The summed E-state index contributed by atoms with van der Waals surface area (Å²) in [6.45, 7) is 2.26. The van der Waals surface area contributed by atoms with Gasteiger partial charge in [0.25, 0.3) is 11.8 Å². The molecule has 38 heavy (non-hydrogen) atoms. The topological polar surface area (TPSA) is 88.3 Å². The van der Waals surface area contributed by atoms with Crippen molar-refractivity contribution in [2.75, 3.05) is 29.9 Å². The quantitative estimate of drug-likeness (QED) is 0.359. The molecule has 1 aliphatic heterocycles. The van der Waals surface area contributed by atoms with Gasteiger partial charge in [-0.1, -0.05) is 42.5 Å². The second-order valence-electron chi connectivity index (χ2n) is 9.50. The maximum Gasteiger partial charge on any atom is 0.274 e. The number of nitrogens with zero attached hydrogens (tertiary/aromatic N) is 4. The summed E-state index contributed by atoms with van der Waals surface area (Å²) < 4.78 is 0. The van der Waals surface area contributed by atoms with E-state index in [2.05, 4.69) is 19.9 Å². The van der Waals surface area contributed by atoms with Crippen molar-refractivity contribution in [1.82, 2.24) is 19.9 Å². The van der Waals surface area contributed by atoms with Gasteiger partial charge in [0.1, 0.15) is 5.69 Å². The molecule has 0 bridgehead atoms. The van der Waals surface area contributed by atoms with E-state index in [9.17, 15) is 9.59 Å². The molecule has 0 aliphatic carbocycles. The first kappa shape index (κ1) is 23.5. The first-order valence-corrected chi connectivity index (χ1v) is 12.6. The number of hydrogen-bond donors (Lipinski definition) is 2. The molecule has 0 fully saturated rings. The lowest BCUT2D eigenvalue weighted by Gasteiger charge is -2.26. The van der Waals surface area contributed by atoms with Gasteiger partial charge in [0.15, 0.2) is 0 Å². The van der Waals surface area contributed by atoms with Crippen LogP contribution in [0.4, 0.5) is 11.4 Å². The molecule has 8 nitrogen and oxygen atoms in total. The smallest absolute Gasteiger partial charge is 0.274 e. The van der Waals surface area contributed by atoms with Crippen LogP contribution in [-0.2, 0) is 13.1 Å². The van der Waals surface area contributed by atoms with Crippen molar-refractivity contribution in [3.05, 3.63) is 114 Å². The van der Waals surface area contributed by atoms with E-state index in [-0.39, 0.29) is 11.8 Å². The molecule has 0 radical (unpaired) electrons. The predicted octanol–water partition coefficient (Wildman–Crippen LogP) is 4.83. The van der Waals surface area contributed by atoms with Gasteiger partial charge in [0, 0.05) is 56.0 Å². The average Bonchev–Trinajstić information content (AvgIpc) is 3.65. The summed E-state index contributed by atoms with van der Waals surface area (Å²) >= 11 is 0. The highest BCUT2D eigenvalue weighted by atomic mass is 16.2. The summed E-state index contributed by atoms with van der Waals surface area (Å²) in [7, 11) is 1.77. The number of carbonyl (C=O) groups excluding carboxylic acids is 2. The van der Waals surface area contributed by atoms with Crippen molar-refractivity contribution in [3.63, 3.8) is 0 Å². The molecule has 2 amide bonds. The third-order valence-corrected chi connectivity index (χ3v) is 7.15. The fraction of sp³-hybridized carbons (Fsp3) is 0.167. The second kappa shape index (κ2) is 9.89. The van der Waals surface area contributed by atoms with Crippen LogP contribution >= 0.6 is 0 Å². The molecule has 0 unspecified atom stereocenters. The van der Waals surface area contributed by atoms with E-state index < -0.39 is 0 Å². The van der Waals surface area contributed by atoms with Crippen molar-refractivity contribution < 1.29 is 9.59 Å². The van der Waals surface area contributed by atoms with Crippen LogP contribution in [0.2, 0.25) is 0 Å². The Labute approximate surface area is 220 Å². The Bertz CT molecular complexity index is 1590. The van der Waals surface area contributed by atoms with Gasteiger partial charge in [-0.05, 0) is 46.7 Å². The van der Waals surface area contributed by atoms with Gasteiger partial charge >= 0.3 is 0 Å². The Kier molecular flexibility index (Phi) is 6.13. The zero-order valence-corrected chi connectivity index (χ0v) is 21.1. The Hall–Kier alpha value is -4.85. The summed E-state index contributed by atoms with van der Waals surface area (Å²) in [6.07, 6.45) is 5.29. The van der Waals surface area contributed by atoms with E-state index in [0.29, 0.717) is 37.4 Å². The summed E-state index contributed by atoms with van der Waals surface area (Å²) in [4.78, 5) is 43.1. The van der Waals surface area contributed by atoms with Crippen LogP contribution in [0.3, 0.4) is 0 Å². The minimum Gasteiger partial charge on any atom is -0.363 e. The number of H-pyrrole nitrogens is 2. The molecule has 2 aromatic heterocycles. The highest BCUT2D eigenvalue weighted by molar-refractivity contribution is 6.07. The number of aromatic nitrogens is 3. The van der Waals surface area contributed by atoms with Gasteiger partial charge in [0.05, 0.1) is 18.6 Å². The number of benzene rings is 3. The molecular formula is C30H28N6O2. The van der Waals surface area contributed by atoms with Crippen LogP contribution in [0, 0.1) is 0 Å². The number of amides is 2. The molecule has 5 aromatic rings. The average molecular weight is 505 g/mol. The summed E-state index contributed by atoms with van der Waals surface area (Å²) in [6, 6.07) is 23.4. The fourth-order valence-electron chi connectivity index (χ4n) is 5.09. The van der Waals surface area contributed by atoms with Crippen molar-refractivity contribution in [3.8, 4) is 0 Å². The van der Waals surface area contributed by atoms with Gasteiger partial charge in [-0.15, -0.1) is 0 Å². The van der Waals surface area contributed by atoms with E-state index >= 15 is 0 Å². The number of nitrogens with one attached hydrogen (secondary N) is 2. The minimum absolute atomic E-state index is 0.0116. The summed E-state index contributed by atoms with van der Waals surface area (Å²) in [5.41, 5.74) is 4.94. The van der Waals surface area contributed by atoms with E-state index in [1.54, 1.807) is 30.5 Å². The number of imidazole rings is 1. The molecule has 3 aromatic carbocycles. The lowest BCUT2D eigenvalue weighted by atomic mass is 10.0. The number of fused-ring (bicyclic) bond motifs is 2. The maximum absolute atomic E-state index is 13.8. The highest BCUT2D eigenvalue weighted by Crippen LogP contribution is 2.32. The van der Waals surface area contributed by atoms with Gasteiger partial charge in [-0.2, -0.15) is 0 Å². The summed E-state index contributed by atoms with van der Waals surface area (Å²) in [5, 5.41) is 2.01. The van der Waals surface area contributed by atoms with Gasteiger partial charge < -0.3 is 24.7 Å². The Morgan fingerprint density at radius 1 is 1.00 bits per heavy atom. The Morgan fingerprint density at radius 3 is 2.68 bits per heavy atom. The number of anilines is 2. The van der Waals surface area contributed by atoms with Crippen molar-refractivity contribution >= 4 is 34.0 Å². The molecule has 3 heterocycles. The number of rotatable bonds is 5. The van der Waals surface area contributed by atoms with E-state index in [0.717, 1.165) is 33.4 Å². The van der Waals surface area contributed by atoms with E-state index in [1.165, 1.54) is 0 Å². The van der Waals surface area contributed by atoms with Gasteiger partial charge in [-0.3, -0.25) is 9.59 Å². The number of carbonyl (C=O) groups is 2. The third kappa shape index (κ3) is 4.41. The Morgan fingerprint density at radius 2 is 1.87 bits per heavy atom. The van der Waals surface area contributed by atoms with Crippen molar-refractivity contribution in [2.45, 2.75) is 13.1 Å². The molecule has 0 saturated carbocycles. The predicted molar refractivity (Wildman–Crippen MR) is 148 cm³/mol. The third-order valence-electron chi connectivity index (χ3n) is 7.15. The van der Waals surface area contributed by atoms with E-state index in [1.807, 2.05) is 77.8 Å². The van der Waals surface area contributed by atoms with Gasteiger partial charge in [0.2, 0.25) is 0 Å². The molecule has 0 saturated heterocycles. The van der Waals surface area contributed by atoms with Crippen LogP contribution in [0.15, 0.2) is 91.5 Å². The first-order valence-electron chi connectivity index (χ1n) is 12.6. The van der Waals surface area contributed by atoms with Crippen LogP contribution in [0.1, 0.15) is 32.1 Å². The van der Waals surface area contributed by atoms with Crippen LogP contribution in [0.25, 0.3) is 10.8 Å². The van der Waals surface area contributed by atoms with Crippen LogP contribution in [-0.4, -0.2) is 51.8 Å². The standard InChI is InChI=1S/C30H28N6O2/c1-34(30(38)27-10-5-13-32-27)24-12-11-22-18-36(15-14-35(28(22)16-24)19-23-17-31-20-33-23)29(37)26-9-4-7-21-6-2-3-8-25(21)26/h2-13,16-17,20,32H,14-15,18-19H2,1H3,(H,31,33). The molecule has 6 rings (SSSR count). The van der Waals surface area contributed by atoms with Crippen molar-refractivity contribution in [1.29, 1.82) is 0 Å². The Balaban J connectivity index is 1.35. The monoisotopic (exact) mass is 504 g/mol. The minimum atomic E-state index is -0.116. The number of aromatic amines is 2. The zero-order chi connectivity index (χ0) is 26.1. The van der Waals surface area contributed by atoms with Crippen molar-refractivity contribution in [2.24, 2.45) is 0 Å². The van der Waals surface area contributed by atoms with Crippen LogP contribution < -0.4 is 9.80 Å². The summed E-state index contributed by atoms with van der Waals surface area (Å²) in [5.74, 6) is -0.104. The fourth-order valence-corrected chi connectivity index (χ4v) is 5.09. The SMILES string of the molecule is CN(C(=O)c1ccc[nH]1)c1ccc2c(c1)N(Cc1c[nH]cn1)CCN(C(=O)c1cccc3ccccc13)C2. The van der Waals surface area contributed by atoms with Gasteiger partial charge in [-0.25, -0.2) is 4.98 Å². The zero-order valence-electron chi connectivity index (χ0n) is 21.1. The molecule has 0 spiro atoms. The maximum atomic E-state index is 13.8. The lowest BCUT2D eigenvalue weighted by Crippen LogP contribution is -2.35. The molecule has 8 heteroatoms. The highest BCUT2D eigenvalue weighted by Gasteiger charge is 2.26. The molecule has 1 aliphatic rings. The van der Waals surface area contributed by atoms with E-state index in [4.69, 9.17) is 0 Å². The normalized spacial score (nSPS) is 13.3. The molecular weight excluding hydrogens is 476 g/mol. The number of hydrogen-bond acceptors (Lipinski definition) is 4. The first-order chi connectivity index (χ1) is 18.6. The molecule has 190 valence electrons. The lowest BCUT2D eigenvalue weighted by molar-refractivity contribution is 0.0753. The largest absolute Gasteiger partial charge is 0.363 e. The second-order valence-corrected chi connectivity index (χ2v) is 9.50. The van der Waals surface area contributed by atoms with Crippen LogP contribution in [0.5, 0.6) is 0 Å². The molecule has 2 N–H and O–H groups in total.